The molecule has 0 atom stereocenters. The largest absolute Gasteiger partial charge is 0.378 e. The van der Waals surface area contributed by atoms with Crippen molar-refractivity contribution in [1.82, 2.24) is 0 Å². The van der Waals surface area contributed by atoms with E-state index in [4.69, 9.17) is 0 Å². The molecule has 6 heteroatoms. The van der Waals surface area contributed by atoms with Crippen molar-refractivity contribution in [3.63, 3.8) is 0 Å². The lowest BCUT2D eigenvalue weighted by Gasteiger charge is -2.08. The van der Waals surface area contributed by atoms with Crippen LogP contribution in [0.1, 0.15) is 5.56 Å². The van der Waals surface area contributed by atoms with Gasteiger partial charge in [0.2, 0.25) is 0 Å². The average Bonchev–Trinajstić information content (AvgIpc) is 2.40. The SMILES string of the molecule is O=[N+]([O-])c1ccccc1CNc1cccc(F)c1F. The number of benzene rings is 2. The third-order valence-corrected chi connectivity index (χ3v) is 2.61. The highest BCUT2D eigenvalue weighted by molar-refractivity contribution is 5.48. The second-order valence-corrected chi connectivity index (χ2v) is 3.84. The minimum Gasteiger partial charge on any atom is -0.378 e. The van der Waals surface area contributed by atoms with E-state index in [0.29, 0.717) is 5.56 Å². The standard InChI is InChI=1S/C13H10F2N2O2/c14-10-5-3-6-11(13(10)15)16-8-9-4-1-2-7-12(9)17(18)19/h1-7,16H,8H2. The number of para-hydroxylation sites is 1. The van der Waals surface area contributed by atoms with Gasteiger partial charge in [-0.3, -0.25) is 10.1 Å². The van der Waals surface area contributed by atoms with E-state index in [-0.39, 0.29) is 17.9 Å². The van der Waals surface area contributed by atoms with Crippen LogP contribution in [0.3, 0.4) is 0 Å². The van der Waals surface area contributed by atoms with Crippen LogP contribution < -0.4 is 5.32 Å². The number of nitro benzene ring substituents is 1. The van der Waals surface area contributed by atoms with Crippen molar-refractivity contribution in [2.75, 3.05) is 5.32 Å². The molecule has 2 aromatic carbocycles. The van der Waals surface area contributed by atoms with Crippen LogP contribution in [0.25, 0.3) is 0 Å². The molecule has 1 N–H and O–H groups in total. The zero-order chi connectivity index (χ0) is 13.8. The molecule has 0 bridgehead atoms. The fourth-order valence-electron chi connectivity index (χ4n) is 1.67. The summed E-state index contributed by atoms with van der Waals surface area (Å²) in [5, 5.41) is 13.4. The average molecular weight is 264 g/mol. The molecule has 0 aliphatic rings. The number of hydrogen-bond donors (Lipinski definition) is 1. The van der Waals surface area contributed by atoms with Crippen molar-refractivity contribution < 1.29 is 13.7 Å². The molecule has 0 saturated heterocycles. The molecular weight excluding hydrogens is 254 g/mol. The molecule has 0 aromatic heterocycles. The maximum atomic E-state index is 13.4. The van der Waals surface area contributed by atoms with Crippen LogP contribution in [-0.4, -0.2) is 4.92 Å². The van der Waals surface area contributed by atoms with Crippen molar-refractivity contribution in [3.05, 3.63) is 69.8 Å². The summed E-state index contributed by atoms with van der Waals surface area (Å²) >= 11 is 0. The summed E-state index contributed by atoms with van der Waals surface area (Å²) < 4.78 is 26.4. The van der Waals surface area contributed by atoms with Crippen LogP contribution in [0.2, 0.25) is 0 Å². The number of nitrogens with zero attached hydrogens (tertiary/aromatic N) is 1. The Morgan fingerprint density at radius 2 is 1.84 bits per heavy atom. The summed E-state index contributed by atoms with van der Waals surface area (Å²) in [6, 6.07) is 9.84. The summed E-state index contributed by atoms with van der Waals surface area (Å²) in [6.07, 6.45) is 0. The Morgan fingerprint density at radius 3 is 2.58 bits per heavy atom. The fourth-order valence-corrected chi connectivity index (χ4v) is 1.67. The molecule has 0 heterocycles. The van der Waals surface area contributed by atoms with Gasteiger partial charge in [0.25, 0.3) is 5.69 Å². The van der Waals surface area contributed by atoms with E-state index < -0.39 is 16.6 Å². The number of hydrogen-bond acceptors (Lipinski definition) is 3. The predicted octanol–water partition coefficient (Wildman–Crippen LogP) is 3.49. The molecule has 0 spiro atoms. The first-order valence-electron chi connectivity index (χ1n) is 5.50. The van der Waals surface area contributed by atoms with Crippen molar-refractivity contribution in [2.24, 2.45) is 0 Å². The van der Waals surface area contributed by atoms with Gasteiger partial charge in [0.05, 0.1) is 10.6 Å². The van der Waals surface area contributed by atoms with Crippen LogP contribution in [0.4, 0.5) is 20.2 Å². The Labute approximate surface area is 107 Å². The van der Waals surface area contributed by atoms with Crippen LogP contribution in [0.5, 0.6) is 0 Å². The lowest BCUT2D eigenvalue weighted by Crippen LogP contribution is -2.05. The Balaban J connectivity index is 2.19. The van der Waals surface area contributed by atoms with Gasteiger partial charge in [0.1, 0.15) is 0 Å². The summed E-state index contributed by atoms with van der Waals surface area (Å²) in [5.41, 5.74) is 0.307. The number of nitro groups is 1. The summed E-state index contributed by atoms with van der Waals surface area (Å²) in [5.74, 6) is -1.96. The van der Waals surface area contributed by atoms with E-state index in [1.54, 1.807) is 18.2 Å². The van der Waals surface area contributed by atoms with E-state index in [2.05, 4.69) is 5.32 Å². The second kappa shape index (κ2) is 5.43. The highest BCUT2D eigenvalue weighted by Crippen LogP contribution is 2.21. The fraction of sp³-hybridized carbons (Fsp3) is 0.0769. The first kappa shape index (κ1) is 12.9. The van der Waals surface area contributed by atoms with Crippen molar-refractivity contribution in [1.29, 1.82) is 0 Å². The van der Waals surface area contributed by atoms with E-state index in [1.807, 2.05) is 0 Å². The Kier molecular flexibility index (Phi) is 3.70. The molecule has 0 saturated carbocycles. The summed E-state index contributed by atoms with van der Waals surface area (Å²) in [6.45, 7) is 0.0392. The van der Waals surface area contributed by atoms with E-state index in [9.17, 15) is 18.9 Å². The zero-order valence-corrected chi connectivity index (χ0v) is 9.77. The van der Waals surface area contributed by atoms with Gasteiger partial charge in [0.15, 0.2) is 11.6 Å². The highest BCUT2D eigenvalue weighted by Gasteiger charge is 2.13. The second-order valence-electron chi connectivity index (χ2n) is 3.84. The predicted molar refractivity (Wildman–Crippen MR) is 66.8 cm³/mol. The van der Waals surface area contributed by atoms with Gasteiger partial charge >= 0.3 is 0 Å². The summed E-state index contributed by atoms with van der Waals surface area (Å²) in [4.78, 5) is 10.3. The number of rotatable bonds is 4. The molecule has 4 nitrogen and oxygen atoms in total. The van der Waals surface area contributed by atoms with Crippen LogP contribution in [0, 0.1) is 21.7 Å². The monoisotopic (exact) mass is 264 g/mol. The van der Waals surface area contributed by atoms with Gasteiger partial charge in [-0.15, -0.1) is 0 Å². The van der Waals surface area contributed by atoms with Gasteiger partial charge in [0, 0.05) is 18.2 Å². The van der Waals surface area contributed by atoms with Crippen molar-refractivity contribution in [2.45, 2.75) is 6.54 Å². The maximum absolute atomic E-state index is 13.4. The summed E-state index contributed by atoms with van der Waals surface area (Å²) in [7, 11) is 0. The van der Waals surface area contributed by atoms with Crippen molar-refractivity contribution >= 4 is 11.4 Å². The van der Waals surface area contributed by atoms with E-state index >= 15 is 0 Å². The molecule has 0 aliphatic heterocycles. The highest BCUT2D eigenvalue weighted by atomic mass is 19.2. The normalized spacial score (nSPS) is 10.2. The first-order valence-corrected chi connectivity index (χ1v) is 5.50. The lowest BCUT2D eigenvalue weighted by molar-refractivity contribution is -0.385. The minimum absolute atomic E-state index is 0.0295. The molecular formula is C13H10F2N2O2. The zero-order valence-electron chi connectivity index (χ0n) is 9.77. The number of nitrogens with one attached hydrogen (secondary N) is 1. The molecule has 0 amide bonds. The van der Waals surface area contributed by atoms with Crippen LogP contribution in [0.15, 0.2) is 42.5 Å². The molecule has 0 unspecified atom stereocenters. The molecule has 0 radical (unpaired) electrons. The Bertz CT molecular complexity index is 617. The Hall–Kier alpha value is -2.50. The van der Waals surface area contributed by atoms with Gasteiger partial charge in [-0.1, -0.05) is 24.3 Å². The van der Waals surface area contributed by atoms with Gasteiger partial charge < -0.3 is 5.32 Å². The third-order valence-electron chi connectivity index (χ3n) is 2.61. The van der Waals surface area contributed by atoms with Crippen LogP contribution in [-0.2, 0) is 6.54 Å². The molecule has 0 aliphatic carbocycles. The molecule has 0 fully saturated rings. The van der Waals surface area contributed by atoms with Crippen molar-refractivity contribution in [3.8, 4) is 0 Å². The van der Waals surface area contributed by atoms with Gasteiger partial charge in [-0.2, -0.15) is 0 Å². The lowest BCUT2D eigenvalue weighted by atomic mass is 10.1. The van der Waals surface area contributed by atoms with E-state index in [1.165, 1.54) is 18.2 Å². The number of anilines is 1. The van der Waals surface area contributed by atoms with Crippen LogP contribution >= 0.6 is 0 Å². The molecule has 2 rings (SSSR count). The van der Waals surface area contributed by atoms with Gasteiger partial charge in [-0.25, -0.2) is 8.78 Å². The third kappa shape index (κ3) is 2.85. The van der Waals surface area contributed by atoms with E-state index in [0.717, 1.165) is 6.07 Å². The minimum atomic E-state index is -0.999. The topological polar surface area (TPSA) is 55.2 Å². The van der Waals surface area contributed by atoms with Gasteiger partial charge in [-0.05, 0) is 12.1 Å². The quantitative estimate of drug-likeness (QED) is 0.679. The maximum Gasteiger partial charge on any atom is 0.274 e. The first-order chi connectivity index (χ1) is 9.09. The molecule has 19 heavy (non-hydrogen) atoms. The smallest absolute Gasteiger partial charge is 0.274 e. The molecule has 98 valence electrons. The molecule has 2 aromatic rings. The number of halogens is 2. The Morgan fingerprint density at radius 1 is 1.11 bits per heavy atom.